The van der Waals surface area contributed by atoms with Crippen molar-refractivity contribution >= 4 is 22.6 Å². The minimum Gasteiger partial charge on any atom is -0.486 e. The van der Waals surface area contributed by atoms with Gasteiger partial charge in [0.25, 0.3) is 5.91 Å². The van der Waals surface area contributed by atoms with Gasteiger partial charge in [0, 0.05) is 30.9 Å². The average molecular weight is 466 g/mol. The zero-order valence-electron chi connectivity index (χ0n) is 18.9. The van der Waals surface area contributed by atoms with Gasteiger partial charge in [0.1, 0.15) is 24.3 Å². The van der Waals surface area contributed by atoms with E-state index in [1.807, 2.05) is 6.07 Å². The lowest BCUT2D eigenvalue weighted by molar-refractivity contribution is -0.137. The van der Waals surface area contributed by atoms with Gasteiger partial charge in [-0.25, -0.2) is 4.98 Å². The van der Waals surface area contributed by atoms with Crippen LogP contribution in [0, 0.1) is 0 Å². The number of nitrogens with zero attached hydrogens (tertiary/aromatic N) is 3. The molecule has 10 nitrogen and oxygen atoms in total. The van der Waals surface area contributed by atoms with Crippen LogP contribution in [0.1, 0.15) is 31.4 Å². The Bertz CT molecular complexity index is 1200. The zero-order chi connectivity index (χ0) is 23.5. The monoisotopic (exact) mass is 465 g/mol. The number of pyridine rings is 3. The first-order valence-corrected chi connectivity index (χ1v) is 11.4. The Kier molecular flexibility index (Phi) is 6.16. The summed E-state index contributed by atoms with van der Waals surface area (Å²) in [6, 6.07) is 7.22. The minimum atomic E-state index is -1.44. The summed E-state index contributed by atoms with van der Waals surface area (Å²) in [7, 11) is 1.53. The molecule has 0 saturated heterocycles. The summed E-state index contributed by atoms with van der Waals surface area (Å²) in [5, 5.41) is 17.4. The Labute approximate surface area is 196 Å². The lowest BCUT2D eigenvalue weighted by atomic mass is 9.81. The van der Waals surface area contributed by atoms with E-state index >= 15 is 0 Å². The maximum absolute atomic E-state index is 13.0. The van der Waals surface area contributed by atoms with E-state index in [1.165, 1.54) is 7.11 Å². The lowest BCUT2D eigenvalue weighted by Crippen LogP contribution is -2.48. The number of carbonyl (C=O) groups is 1. The van der Waals surface area contributed by atoms with Crippen LogP contribution in [0.2, 0.25) is 0 Å². The molecule has 2 aliphatic rings. The maximum Gasteiger partial charge on any atom is 0.256 e. The molecular weight excluding hydrogens is 438 g/mol. The van der Waals surface area contributed by atoms with Crippen molar-refractivity contribution in [1.82, 2.24) is 20.3 Å². The molecule has 1 aliphatic carbocycles. The molecule has 10 heteroatoms. The molecule has 0 atom stereocenters. The van der Waals surface area contributed by atoms with Gasteiger partial charge in [0.2, 0.25) is 5.88 Å². The van der Waals surface area contributed by atoms with Crippen molar-refractivity contribution in [3.63, 3.8) is 0 Å². The molecule has 4 heterocycles. The summed E-state index contributed by atoms with van der Waals surface area (Å²) in [5.41, 5.74) is 1.05. The van der Waals surface area contributed by atoms with Crippen LogP contribution in [-0.4, -0.2) is 57.9 Å². The molecule has 0 spiro atoms. The number of aliphatic hydroxyl groups is 1. The molecule has 1 amide bonds. The largest absolute Gasteiger partial charge is 0.486 e. The first kappa shape index (κ1) is 22.3. The number of anilines is 1. The van der Waals surface area contributed by atoms with Crippen molar-refractivity contribution in [2.24, 2.45) is 0 Å². The average Bonchev–Trinajstić information content (AvgIpc) is 2.88. The first-order valence-electron chi connectivity index (χ1n) is 11.4. The molecule has 3 aromatic rings. The van der Waals surface area contributed by atoms with Crippen LogP contribution in [-0.2, 0) is 11.3 Å². The second kappa shape index (κ2) is 9.40. The molecule has 3 N–H and O–H groups in total. The molecule has 1 fully saturated rings. The molecule has 5 rings (SSSR count). The van der Waals surface area contributed by atoms with Crippen molar-refractivity contribution in [2.45, 2.75) is 43.9 Å². The number of rotatable bonds is 6. The van der Waals surface area contributed by atoms with E-state index in [4.69, 9.17) is 14.2 Å². The first-order chi connectivity index (χ1) is 16.5. The van der Waals surface area contributed by atoms with Crippen molar-refractivity contribution in [3.8, 4) is 17.4 Å². The van der Waals surface area contributed by atoms with Crippen molar-refractivity contribution in [2.75, 3.05) is 25.6 Å². The number of ether oxygens (including phenoxy) is 3. The molecule has 0 bridgehead atoms. The van der Waals surface area contributed by atoms with Crippen LogP contribution in [0.3, 0.4) is 0 Å². The van der Waals surface area contributed by atoms with Gasteiger partial charge >= 0.3 is 0 Å². The fourth-order valence-corrected chi connectivity index (χ4v) is 4.32. The third-order valence-electron chi connectivity index (χ3n) is 6.31. The highest BCUT2D eigenvalue weighted by Gasteiger charge is 2.40. The van der Waals surface area contributed by atoms with Crippen molar-refractivity contribution < 1.29 is 24.1 Å². The highest BCUT2D eigenvalue weighted by molar-refractivity contribution is 6.02. The van der Waals surface area contributed by atoms with E-state index in [1.54, 1.807) is 30.6 Å². The van der Waals surface area contributed by atoms with Gasteiger partial charge in [-0.1, -0.05) is 0 Å². The van der Waals surface area contributed by atoms with Gasteiger partial charge in [-0.2, -0.15) is 0 Å². The standard InChI is InChI=1S/C24H27N5O5/c1-32-21-3-2-17-22(29-21)18(6-9-25-17)28-23(30)24(31)7-4-15(5-8-24)26-13-16-12-19-20(14-27-16)34-11-10-33-19/h2-3,6,9,12,14-15,26,31H,4-5,7-8,10-11,13H2,1H3,(H,25,28,30)/t15-,24-. The molecule has 1 aliphatic heterocycles. The van der Waals surface area contributed by atoms with Crippen LogP contribution in [0.25, 0.3) is 11.0 Å². The summed E-state index contributed by atoms with van der Waals surface area (Å²) >= 11 is 0. The summed E-state index contributed by atoms with van der Waals surface area (Å²) in [6.07, 6.45) is 5.32. The molecule has 3 aromatic heterocycles. The van der Waals surface area contributed by atoms with Gasteiger partial charge in [-0.05, 0) is 37.8 Å². The zero-order valence-corrected chi connectivity index (χ0v) is 18.9. The third kappa shape index (κ3) is 4.59. The summed E-state index contributed by atoms with van der Waals surface area (Å²) in [6.45, 7) is 1.64. The quantitative estimate of drug-likeness (QED) is 0.502. The number of hydrogen-bond acceptors (Lipinski definition) is 9. The molecule has 0 aromatic carbocycles. The predicted molar refractivity (Wildman–Crippen MR) is 124 cm³/mol. The SMILES string of the molecule is COc1ccc2nccc(NC(=O)[C@]3(O)CC[C@H](NCc4cc5c(cn4)OCCO5)CC3)c2n1. The van der Waals surface area contributed by atoms with Gasteiger partial charge < -0.3 is 30.0 Å². The molecule has 178 valence electrons. The Morgan fingerprint density at radius 1 is 1.18 bits per heavy atom. The van der Waals surface area contributed by atoms with Gasteiger partial charge in [0.05, 0.1) is 30.2 Å². The second-order valence-corrected chi connectivity index (χ2v) is 8.54. The molecule has 34 heavy (non-hydrogen) atoms. The van der Waals surface area contributed by atoms with E-state index in [0.717, 1.165) is 5.69 Å². The highest BCUT2D eigenvalue weighted by Crippen LogP contribution is 2.32. The summed E-state index contributed by atoms with van der Waals surface area (Å²) in [4.78, 5) is 26.1. The summed E-state index contributed by atoms with van der Waals surface area (Å²) in [5.74, 6) is 1.37. The van der Waals surface area contributed by atoms with E-state index < -0.39 is 11.5 Å². The van der Waals surface area contributed by atoms with E-state index in [2.05, 4.69) is 25.6 Å². The Balaban J connectivity index is 1.18. The number of fused-ring (bicyclic) bond motifs is 2. The number of carbonyl (C=O) groups excluding carboxylic acids is 1. The van der Waals surface area contributed by atoms with Crippen LogP contribution >= 0.6 is 0 Å². The second-order valence-electron chi connectivity index (χ2n) is 8.54. The fourth-order valence-electron chi connectivity index (χ4n) is 4.32. The van der Waals surface area contributed by atoms with Crippen LogP contribution in [0.4, 0.5) is 5.69 Å². The summed E-state index contributed by atoms with van der Waals surface area (Å²) < 4.78 is 16.3. The van der Waals surface area contributed by atoms with Crippen molar-refractivity contribution in [1.29, 1.82) is 0 Å². The lowest BCUT2D eigenvalue weighted by Gasteiger charge is -2.35. The smallest absolute Gasteiger partial charge is 0.256 e. The number of aromatic nitrogens is 3. The highest BCUT2D eigenvalue weighted by atomic mass is 16.6. The Hall–Kier alpha value is -3.50. The van der Waals surface area contributed by atoms with Gasteiger partial charge in [-0.15, -0.1) is 0 Å². The van der Waals surface area contributed by atoms with E-state index in [0.29, 0.717) is 79.5 Å². The fraction of sp³-hybridized carbons (Fsp3) is 0.417. The number of methoxy groups -OCH3 is 1. The minimum absolute atomic E-state index is 0.177. The van der Waals surface area contributed by atoms with Gasteiger partial charge in [0.15, 0.2) is 11.5 Å². The van der Waals surface area contributed by atoms with Gasteiger partial charge in [-0.3, -0.25) is 14.8 Å². The van der Waals surface area contributed by atoms with Crippen LogP contribution in [0.15, 0.2) is 36.7 Å². The predicted octanol–water partition coefficient (Wildman–Crippen LogP) is 2.21. The Morgan fingerprint density at radius 3 is 2.76 bits per heavy atom. The normalized spacial score (nSPS) is 21.8. The van der Waals surface area contributed by atoms with E-state index in [-0.39, 0.29) is 6.04 Å². The van der Waals surface area contributed by atoms with Crippen LogP contribution < -0.4 is 24.8 Å². The van der Waals surface area contributed by atoms with E-state index in [9.17, 15) is 9.90 Å². The molecule has 0 radical (unpaired) electrons. The maximum atomic E-state index is 13.0. The van der Waals surface area contributed by atoms with Crippen LogP contribution in [0.5, 0.6) is 17.4 Å². The number of nitrogens with one attached hydrogen (secondary N) is 2. The molecule has 0 unspecified atom stereocenters. The number of amides is 1. The molecule has 1 saturated carbocycles. The Morgan fingerprint density at radius 2 is 1.97 bits per heavy atom. The van der Waals surface area contributed by atoms with Crippen molar-refractivity contribution in [3.05, 3.63) is 42.4 Å². The molecular formula is C24H27N5O5. The number of hydrogen-bond donors (Lipinski definition) is 3. The third-order valence-corrected chi connectivity index (χ3v) is 6.31. The topological polar surface area (TPSA) is 128 Å².